The van der Waals surface area contributed by atoms with Crippen LogP contribution in [-0.4, -0.2) is 19.5 Å². The van der Waals surface area contributed by atoms with E-state index in [-0.39, 0.29) is 12.1 Å². The van der Waals surface area contributed by atoms with Gasteiger partial charge in [0.15, 0.2) is 6.29 Å². The summed E-state index contributed by atoms with van der Waals surface area (Å²) in [6.45, 7) is 1.59. The van der Waals surface area contributed by atoms with Crippen molar-refractivity contribution in [1.29, 1.82) is 0 Å². The molecular weight excluding hydrogens is 219 g/mol. The molecule has 17 heavy (non-hydrogen) atoms. The first kappa shape index (κ1) is 11.2. The van der Waals surface area contributed by atoms with Crippen LogP contribution in [0.1, 0.15) is 18.4 Å². The second-order valence-electron chi connectivity index (χ2n) is 4.97. The van der Waals surface area contributed by atoms with Crippen LogP contribution in [-0.2, 0) is 15.9 Å². The highest BCUT2D eigenvalue weighted by Crippen LogP contribution is 2.36. The largest absolute Gasteiger partial charge is 0.352 e. The van der Waals surface area contributed by atoms with E-state index in [4.69, 9.17) is 9.47 Å². The SMILES string of the molecule is Fc1ccc(C[C@H]2CO[C@H]3OCCC[C@@H]23)cc1. The Kier molecular flexibility index (Phi) is 3.12. The maximum absolute atomic E-state index is 12.8. The van der Waals surface area contributed by atoms with Crippen molar-refractivity contribution < 1.29 is 13.9 Å². The fourth-order valence-electron chi connectivity index (χ4n) is 2.88. The van der Waals surface area contributed by atoms with Crippen molar-refractivity contribution in [2.45, 2.75) is 25.6 Å². The van der Waals surface area contributed by atoms with Gasteiger partial charge < -0.3 is 9.47 Å². The first-order chi connectivity index (χ1) is 8.33. The average molecular weight is 236 g/mol. The van der Waals surface area contributed by atoms with Gasteiger partial charge in [-0.05, 0) is 42.9 Å². The summed E-state index contributed by atoms with van der Waals surface area (Å²) in [7, 11) is 0. The van der Waals surface area contributed by atoms with Crippen LogP contribution >= 0.6 is 0 Å². The van der Waals surface area contributed by atoms with E-state index in [2.05, 4.69) is 0 Å². The lowest BCUT2D eigenvalue weighted by Gasteiger charge is -2.27. The topological polar surface area (TPSA) is 18.5 Å². The highest BCUT2D eigenvalue weighted by atomic mass is 19.1. The van der Waals surface area contributed by atoms with E-state index in [1.165, 1.54) is 24.1 Å². The Morgan fingerprint density at radius 2 is 2.00 bits per heavy atom. The molecule has 92 valence electrons. The van der Waals surface area contributed by atoms with Gasteiger partial charge >= 0.3 is 0 Å². The second-order valence-corrected chi connectivity index (χ2v) is 4.97. The minimum Gasteiger partial charge on any atom is -0.352 e. The van der Waals surface area contributed by atoms with Gasteiger partial charge in [-0.3, -0.25) is 0 Å². The maximum atomic E-state index is 12.8. The van der Waals surface area contributed by atoms with Crippen LogP contribution in [0.15, 0.2) is 24.3 Å². The van der Waals surface area contributed by atoms with Gasteiger partial charge in [0.05, 0.1) is 6.61 Å². The Morgan fingerprint density at radius 1 is 1.18 bits per heavy atom. The molecule has 2 nitrogen and oxygen atoms in total. The predicted octanol–water partition coefficient (Wildman–Crippen LogP) is 2.77. The number of halogens is 1. The minimum atomic E-state index is -0.171. The van der Waals surface area contributed by atoms with Gasteiger partial charge in [-0.25, -0.2) is 4.39 Å². The molecule has 3 rings (SSSR count). The molecule has 0 radical (unpaired) electrons. The van der Waals surface area contributed by atoms with Gasteiger partial charge in [0.25, 0.3) is 0 Å². The monoisotopic (exact) mass is 236 g/mol. The zero-order valence-electron chi connectivity index (χ0n) is 9.77. The molecule has 2 fully saturated rings. The third-order valence-corrected chi connectivity index (χ3v) is 3.80. The van der Waals surface area contributed by atoms with Crippen molar-refractivity contribution in [2.75, 3.05) is 13.2 Å². The second kappa shape index (κ2) is 4.75. The van der Waals surface area contributed by atoms with Gasteiger partial charge in [-0.1, -0.05) is 12.1 Å². The van der Waals surface area contributed by atoms with Gasteiger partial charge in [0.1, 0.15) is 5.82 Å². The molecule has 0 spiro atoms. The molecule has 0 aromatic heterocycles. The summed E-state index contributed by atoms with van der Waals surface area (Å²) in [5.74, 6) is 0.870. The normalized spacial score (nSPS) is 32.4. The zero-order chi connectivity index (χ0) is 11.7. The molecule has 0 unspecified atom stereocenters. The minimum absolute atomic E-state index is 0.00852. The zero-order valence-corrected chi connectivity index (χ0v) is 9.77. The Morgan fingerprint density at radius 3 is 2.82 bits per heavy atom. The summed E-state index contributed by atoms with van der Waals surface area (Å²) in [6, 6.07) is 6.79. The molecule has 3 heteroatoms. The number of benzene rings is 1. The number of hydrogen-bond donors (Lipinski definition) is 0. The number of ether oxygens (including phenoxy) is 2. The van der Waals surface area contributed by atoms with Crippen molar-refractivity contribution in [1.82, 2.24) is 0 Å². The fraction of sp³-hybridized carbons (Fsp3) is 0.571. The molecule has 0 N–H and O–H groups in total. The average Bonchev–Trinajstić information content (AvgIpc) is 2.76. The van der Waals surface area contributed by atoms with Crippen LogP contribution in [0.5, 0.6) is 0 Å². The summed E-state index contributed by atoms with van der Waals surface area (Å²) >= 11 is 0. The van der Waals surface area contributed by atoms with Crippen molar-refractivity contribution in [2.24, 2.45) is 11.8 Å². The van der Waals surface area contributed by atoms with E-state index in [1.807, 2.05) is 12.1 Å². The Hall–Kier alpha value is -0.930. The van der Waals surface area contributed by atoms with E-state index in [0.29, 0.717) is 11.8 Å². The van der Waals surface area contributed by atoms with Gasteiger partial charge in [0.2, 0.25) is 0 Å². The lowest BCUT2D eigenvalue weighted by Crippen LogP contribution is -2.29. The third-order valence-electron chi connectivity index (χ3n) is 3.80. The van der Waals surface area contributed by atoms with Crippen LogP contribution in [0, 0.1) is 17.7 Å². The lowest BCUT2D eigenvalue weighted by molar-refractivity contribution is -0.151. The predicted molar refractivity (Wildman–Crippen MR) is 62.0 cm³/mol. The quantitative estimate of drug-likeness (QED) is 0.786. The summed E-state index contributed by atoms with van der Waals surface area (Å²) in [5, 5.41) is 0. The number of fused-ring (bicyclic) bond motifs is 1. The molecule has 0 bridgehead atoms. The Bertz CT molecular complexity index is 376. The summed E-state index contributed by atoms with van der Waals surface area (Å²) in [6.07, 6.45) is 3.29. The molecule has 3 atom stereocenters. The van der Waals surface area contributed by atoms with E-state index in [0.717, 1.165) is 26.1 Å². The number of rotatable bonds is 2. The Balaban J connectivity index is 1.67. The molecule has 2 aliphatic heterocycles. The smallest absolute Gasteiger partial charge is 0.160 e. The number of hydrogen-bond acceptors (Lipinski definition) is 2. The van der Waals surface area contributed by atoms with Crippen molar-refractivity contribution in [3.8, 4) is 0 Å². The first-order valence-corrected chi connectivity index (χ1v) is 6.30. The summed E-state index contributed by atoms with van der Waals surface area (Å²) < 4.78 is 24.1. The molecule has 2 saturated heterocycles. The van der Waals surface area contributed by atoms with Crippen LogP contribution < -0.4 is 0 Å². The van der Waals surface area contributed by atoms with Gasteiger partial charge in [-0.15, -0.1) is 0 Å². The van der Waals surface area contributed by atoms with Crippen LogP contribution in [0.3, 0.4) is 0 Å². The lowest BCUT2D eigenvalue weighted by atomic mass is 9.85. The standard InChI is InChI=1S/C14H17FO2/c15-12-5-3-10(4-6-12)8-11-9-17-14-13(11)2-1-7-16-14/h3-6,11,13-14H,1-2,7-9H2/t11-,13-,14+/m0/s1. The van der Waals surface area contributed by atoms with Crippen molar-refractivity contribution in [3.63, 3.8) is 0 Å². The van der Waals surface area contributed by atoms with Crippen molar-refractivity contribution >= 4 is 0 Å². The molecule has 2 aliphatic rings. The summed E-state index contributed by atoms with van der Waals surface area (Å²) in [5.41, 5.74) is 1.19. The fourth-order valence-corrected chi connectivity index (χ4v) is 2.88. The molecule has 0 aliphatic carbocycles. The molecule has 1 aromatic rings. The van der Waals surface area contributed by atoms with Crippen LogP contribution in [0.2, 0.25) is 0 Å². The van der Waals surface area contributed by atoms with Gasteiger partial charge in [-0.2, -0.15) is 0 Å². The maximum Gasteiger partial charge on any atom is 0.160 e. The van der Waals surface area contributed by atoms with E-state index >= 15 is 0 Å². The molecule has 1 aromatic carbocycles. The van der Waals surface area contributed by atoms with Crippen LogP contribution in [0.25, 0.3) is 0 Å². The van der Waals surface area contributed by atoms with Gasteiger partial charge in [0, 0.05) is 12.5 Å². The Labute approximate surface area is 101 Å². The molecule has 0 amide bonds. The van der Waals surface area contributed by atoms with Crippen LogP contribution in [0.4, 0.5) is 4.39 Å². The highest BCUT2D eigenvalue weighted by Gasteiger charge is 2.39. The highest BCUT2D eigenvalue weighted by molar-refractivity contribution is 5.17. The first-order valence-electron chi connectivity index (χ1n) is 6.30. The third kappa shape index (κ3) is 2.35. The van der Waals surface area contributed by atoms with E-state index < -0.39 is 0 Å². The molecular formula is C14H17FO2. The molecule has 0 saturated carbocycles. The van der Waals surface area contributed by atoms with Crippen molar-refractivity contribution in [3.05, 3.63) is 35.6 Å². The summed E-state index contributed by atoms with van der Waals surface area (Å²) in [4.78, 5) is 0. The van der Waals surface area contributed by atoms with E-state index in [9.17, 15) is 4.39 Å². The molecule has 2 heterocycles. The van der Waals surface area contributed by atoms with E-state index in [1.54, 1.807) is 0 Å².